The van der Waals surface area contributed by atoms with Crippen LogP contribution in [0.4, 0.5) is 21.6 Å². The summed E-state index contributed by atoms with van der Waals surface area (Å²) in [6, 6.07) is 10.2. The molecule has 0 aliphatic carbocycles. The Labute approximate surface area is 233 Å². The van der Waals surface area contributed by atoms with Crippen LogP contribution in [0, 0.1) is 19.7 Å². The lowest BCUT2D eigenvalue weighted by Crippen LogP contribution is -2.35. The molecule has 1 aliphatic rings. The van der Waals surface area contributed by atoms with Gasteiger partial charge in [-0.25, -0.2) is 19.2 Å². The number of carbonyl (C=O) groups excluding carboxylic acids is 2. The lowest BCUT2D eigenvalue weighted by molar-refractivity contribution is 0.0598. The van der Waals surface area contributed by atoms with Crippen molar-refractivity contribution in [3.05, 3.63) is 75.4 Å². The number of benzene rings is 1. The molecular weight excluding hydrogens is 521 g/mol. The Morgan fingerprint density at radius 2 is 1.82 bits per heavy atom. The zero-order valence-electron chi connectivity index (χ0n) is 23.3. The highest BCUT2D eigenvalue weighted by molar-refractivity contribution is 6.30. The fraction of sp³-hybridized carbons (Fsp3) is 0.379. The number of amides is 1. The number of rotatable bonds is 7. The number of nitrogens with zero attached hydrogens (tertiary/aromatic N) is 5. The molecule has 206 valence electrons. The summed E-state index contributed by atoms with van der Waals surface area (Å²) in [5.74, 6) is -0.383. The van der Waals surface area contributed by atoms with Crippen LogP contribution in [-0.2, 0) is 10.2 Å². The van der Waals surface area contributed by atoms with Gasteiger partial charge in [-0.15, -0.1) is 0 Å². The second kappa shape index (κ2) is 10.8. The molecule has 1 amide bonds. The molecule has 1 aliphatic heterocycles. The van der Waals surface area contributed by atoms with Crippen molar-refractivity contribution in [3.63, 3.8) is 0 Å². The fourth-order valence-electron chi connectivity index (χ4n) is 4.85. The summed E-state index contributed by atoms with van der Waals surface area (Å²) in [4.78, 5) is 40.2. The van der Waals surface area contributed by atoms with Gasteiger partial charge in [0.2, 0.25) is 0 Å². The van der Waals surface area contributed by atoms with Crippen LogP contribution in [0.3, 0.4) is 0 Å². The molecule has 0 saturated heterocycles. The predicted molar refractivity (Wildman–Crippen MR) is 151 cm³/mol. The Bertz CT molecular complexity index is 1420. The van der Waals surface area contributed by atoms with Gasteiger partial charge >= 0.3 is 5.97 Å². The molecule has 2 aromatic heterocycles. The second-order valence-electron chi connectivity index (χ2n) is 10.5. The van der Waals surface area contributed by atoms with Gasteiger partial charge in [-0.05, 0) is 55.8 Å². The molecule has 0 atom stereocenters. The van der Waals surface area contributed by atoms with E-state index in [0.717, 1.165) is 16.9 Å². The average Bonchev–Trinajstić information content (AvgIpc) is 3.17. The highest BCUT2D eigenvalue weighted by atomic mass is 35.5. The van der Waals surface area contributed by atoms with Gasteiger partial charge in [0.05, 0.1) is 34.8 Å². The number of methoxy groups -OCH3 is 1. The van der Waals surface area contributed by atoms with E-state index in [9.17, 15) is 14.0 Å². The van der Waals surface area contributed by atoms with E-state index in [-0.39, 0.29) is 16.3 Å². The number of anilines is 3. The number of aryl methyl sites for hydroxylation is 2. The third kappa shape index (κ3) is 5.54. The smallest absolute Gasteiger partial charge is 0.339 e. The van der Waals surface area contributed by atoms with Crippen molar-refractivity contribution in [2.45, 2.75) is 33.1 Å². The first-order valence-electron chi connectivity index (χ1n) is 12.6. The molecule has 0 N–H and O–H groups in total. The average molecular weight is 554 g/mol. The lowest BCUT2D eigenvalue weighted by Gasteiger charge is -2.24. The molecule has 1 aromatic carbocycles. The highest BCUT2D eigenvalue weighted by Crippen LogP contribution is 2.43. The van der Waals surface area contributed by atoms with E-state index in [2.05, 4.69) is 18.8 Å². The normalized spacial score (nSPS) is 13.7. The van der Waals surface area contributed by atoms with Crippen LogP contribution in [0.25, 0.3) is 0 Å². The van der Waals surface area contributed by atoms with Gasteiger partial charge in [0.1, 0.15) is 17.3 Å². The molecule has 8 nitrogen and oxygen atoms in total. The molecule has 3 aromatic rings. The quantitative estimate of drug-likeness (QED) is 0.367. The third-order valence-electron chi connectivity index (χ3n) is 7.08. The minimum absolute atomic E-state index is 0.0736. The van der Waals surface area contributed by atoms with Crippen LogP contribution in [0.2, 0.25) is 5.02 Å². The first-order chi connectivity index (χ1) is 18.3. The molecule has 3 heterocycles. The van der Waals surface area contributed by atoms with Gasteiger partial charge in [-0.1, -0.05) is 25.4 Å². The van der Waals surface area contributed by atoms with Crippen LogP contribution in [0.1, 0.15) is 51.6 Å². The highest BCUT2D eigenvalue weighted by Gasteiger charge is 2.38. The molecule has 0 bridgehead atoms. The number of esters is 1. The van der Waals surface area contributed by atoms with E-state index in [4.69, 9.17) is 21.3 Å². The van der Waals surface area contributed by atoms with Crippen molar-refractivity contribution in [2.75, 3.05) is 50.6 Å². The van der Waals surface area contributed by atoms with Crippen molar-refractivity contribution >= 4 is 40.7 Å². The zero-order valence-corrected chi connectivity index (χ0v) is 24.1. The summed E-state index contributed by atoms with van der Waals surface area (Å²) in [6.45, 7) is 9.29. The third-order valence-corrected chi connectivity index (χ3v) is 7.38. The van der Waals surface area contributed by atoms with E-state index in [1.54, 1.807) is 37.1 Å². The molecule has 0 fully saturated rings. The maximum absolute atomic E-state index is 14.2. The number of carbonyl (C=O) groups is 2. The zero-order chi connectivity index (χ0) is 28.6. The number of aromatic nitrogens is 2. The van der Waals surface area contributed by atoms with Gasteiger partial charge in [0, 0.05) is 44.8 Å². The van der Waals surface area contributed by atoms with Crippen LogP contribution in [0.15, 0.2) is 36.4 Å². The number of hydrogen-bond acceptors (Lipinski definition) is 7. The molecule has 10 heteroatoms. The largest absolute Gasteiger partial charge is 0.465 e. The monoisotopic (exact) mass is 553 g/mol. The van der Waals surface area contributed by atoms with Crippen molar-refractivity contribution < 1.29 is 18.7 Å². The van der Waals surface area contributed by atoms with Crippen LogP contribution >= 0.6 is 11.6 Å². The maximum atomic E-state index is 14.2. The second-order valence-corrected chi connectivity index (χ2v) is 10.9. The van der Waals surface area contributed by atoms with Gasteiger partial charge in [0.25, 0.3) is 5.91 Å². The number of hydrogen-bond donors (Lipinski definition) is 0. The Morgan fingerprint density at radius 1 is 1.10 bits per heavy atom. The van der Waals surface area contributed by atoms with E-state index < -0.39 is 11.8 Å². The van der Waals surface area contributed by atoms with Crippen molar-refractivity contribution in [1.29, 1.82) is 0 Å². The standard InChI is InChI=1S/C29H33ClFN5O3/c1-17-14-24(32-18(2)25(17)28(38)39-7)34(5)12-13-35(6)27(37)22-10-11-23-26(33-22)29(3,4)16-36(23)19-8-9-20(30)21(31)15-19/h8-11,14-15H,12-13,16H2,1-7H3. The molecule has 4 rings (SSSR count). The topological polar surface area (TPSA) is 78.9 Å². The molecule has 39 heavy (non-hydrogen) atoms. The van der Waals surface area contributed by atoms with Gasteiger partial charge in [-0.2, -0.15) is 0 Å². The number of halogens is 2. The van der Waals surface area contributed by atoms with Crippen molar-refractivity contribution in [2.24, 2.45) is 0 Å². The molecule has 0 saturated carbocycles. The Kier molecular flexibility index (Phi) is 7.84. The summed E-state index contributed by atoms with van der Waals surface area (Å²) in [5.41, 5.74) is 4.15. The minimum atomic E-state index is -0.480. The van der Waals surface area contributed by atoms with Crippen molar-refractivity contribution in [3.8, 4) is 0 Å². The lowest BCUT2D eigenvalue weighted by atomic mass is 9.91. The summed E-state index contributed by atoms with van der Waals surface area (Å²) in [6.07, 6.45) is 0. The maximum Gasteiger partial charge on any atom is 0.339 e. The SMILES string of the molecule is COC(=O)c1c(C)cc(N(C)CCN(C)C(=O)c2ccc3c(n2)C(C)(C)CN3c2ccc(Cl)c(F)c2)nc1C. The first kappa shape index (κ1) is 28.3. The Balaban J connectivity index is 1.48. The van der Waals surface area contributed by atoms with Crippen LogP contribution < -0.4 is 9.80 Å². The predicted octanol–water partition coefficient (Wildman–Crippen LogP) is 5.31. The number of pyridine rings is 2. The number of likely N-dealkylation sites (N-methyl/N-ethyl adjacent to an activating group) is 2. The first-order valence-corrected chi connectivity index (χ1v) is 13.0. The fourth-order valence-corrected chi connectivity index (χ4v) is 4.97. The minimum Gasteiger partial charge on any atom is -0.465 e. The molecular formula is C29H33ClFN5O3. The summed E-state index contributed by atoms with van der Waals surface area (Å²) in [5, 5.41) is 0.0736. The summed E-state index contributed by atoms with van der Waals surface area (Å²) >= 11 is 5.87. The van der Waals surface area contributed by atoms with E-state index >= 15 is 0 Å². The van der Waals surface area contributed by atoms with Gasteiger partial charge < -0.3 is 19.4 Å². The Hall–Kier alpha value is -3.72. The van der Waals surface area contributed by atoms with E-state index in [1.807, 2.05) is 35.9 Å². The Morgan fingerprint density at radius 3 is 2.46 bits per heavy atom. The van der Waals surface area contributed by atoms with E-state index in [1.165, 1.54) is 13.2 Å². The van der Waals surface area contributed by atoms with Gasteiger partial charge in [0.15, 0.2) is 0 Å². The van der Waals surface area contributed by atoms with Crippen molar-refractivity contribution in [1.82, 2.24) is 14.9 Å². The molecule has 0 radical (unpaired) electrons. The van der Waals surface area contributed by atoms with Crippen LogP contribution in [0.5, 0.6) is 0 Å². The number of ether oxygens (including phenoxy) is 1. The van der Waals surface area contributed by atoms with E-state index in [0.29, 0.717) is 48.1 Å². The van der Waals surface area contributed by atoms with Crippen LogP contribution in [-0.4, -0.2) is 67.6 Å². The summed E-state index contributed by atoms with van der Waals surface area (Å²) < 4.78 is 19.0. The summed E-state index contributed by atoms with van der Waals surface area (Å²) in [7, 11) is 4.98. The van der Waals surface area contributed by atoms with Gasteiger partial charge in [-0.3, -0.25) is 4.79 Å². The number of fused-ring (bicyclic) bond motifs is 1. The molecule has 0 unspecified atom stereocenters. The molecule has 0 spiro atoms.